The predicted octanol–water partition coefficient (Wildman–Crippen LogP) is 5.27. The molecule has 1 aromatic carbocycles. The van der Waals surface area contributed by atoms with E-state index in [1.54, 1.807) is 20.8 Å². The van der Waals surface area contributed by atoms with E-state index >= 15 is 0 Å². The molecular weight excluding hydrogens is 432 g/mol. The van der Waals surface area contributed by atoms with Crippen molar-refractivity contribution in [1.82, 2.24) is 4.90 Å². The Morgan fingerprint density at radius 2 is 1.48 bits per heavy atom. The number of carbonyl (C=O) groups excluding carboxylic acids is 3. The number of likely N-dealkylation sites (tertiary alicyclic amines) is 1. The van der Waals surface area contributed by atoms with E-state index in [0.29, 0.717) is 6.42 Å². The molecule has 0 aliphatic carbocycles. The van der Waals surface area contributed by atoms with E-state index in [9.17, 15) is 40.7 Å². The van der Waals surface area contributed by atoms with Crippen molar-refractivity contribution < 1.29 is 45.5 Å². The van der Waals surface area contributed by atoms with Crippen LogP contribution in [-0.2, 0) is 21.9 Å². The van der Waals surface area contributed by atoms with Crippen LogP contribution in [0.3, 0.4) is 0 Å². The van der Waals surface area contributed by atoms with Gasteiger partial charge in [-0.05, 0) is 51.8 Å². The first-order chi connectivity index (χ1) is 14.0. The number of rotatable bonds is 4. The van der Waals surface area contributed by atoms with E-state index < -0.39 is 64.8 Å². The molecule has 0 N–H and O–H groups in total. The minimum Gasteiger partial charge on any atom is -0.444 e. The highest BCUT2D eigenvalue weighted by atomic mass is 19.4. The van der Waals surface area contributed by atoms with Crippen molar-refractivity contribution >= 4 is 17.7 Å². The lowest BCUT2D eigenvalue weighted by molar-refractivity contribution is -0.143. The summed E-state index contributed by atoms with van der Waals surface area (Å²) in [4.78, 5) is 38.3. The van der Waals surface area contributed by atoms with Crippen LogP contribution in [0.4, 0.5) is 31.1 Å². The molecule has 0 aromatic heterocycles. The number of halogens is 6. The van der Waals surface area contributed by atoms with E-state index in [0.717, 1.165) is 4.90 Å². The summed E-state index contributed by atoms with van der Waals surface area (Å²) in [6.45, 7) is 5.04. The molecular formula is C20H21F6NO4. The Kier molecular flexibility index (Phi) is 6.77. The largest absolute Gasteiger partial charge is 0.444 e. The van der Waals surface area contributed by atoms with Gasteiger partial charge in [0.15, 0.2) is 11.6 Å². The highest BCUT2D eigenvalue weighted by molar-refractivity contribution is 6.10. The number of hydrogen-bond acceptors (Lipinski definition) is 4. The molecule has 1 amide bonds. The van der Waals surface area contributed by atoms with E-state index in [1.165, 1.54) is 0 Å². The number of ketones is 2. The summed E-state index contributed by atoms with van der Waals surface area (Å²) >= 11 is 0. The average molecular weight is 453 g/mol. The van der Waals surface area contributed by atoms with Crippen molar-refractivity contribution in [2.24, 2.45) is 0 Å². The second kappa shape index (κ2) is 8.51. The van der Waals surface area contributed by atoms with Gasteiger partial charge in [-0.1, -0.05) is 0 Å². The summed E-state index contributed by atoms with van der Waals surface area (Å²) in [6.07, 6.45) is -11.3. The molecule has 1 aliphatic heterocycles. The normalized spacial score (nSPS) is 17.6. The van der Waals surface area contributed by atoms with E-state index in [-0.39, 0.29) is 31.2 Å². The minimum absolute atomic E-state index is 0.0974. The molecule has 31 heavy (non-hydrogen) atoms. The molecule has 2 rings (SSSR count). The van der Waals surface area contributed by atoms with Crippen LogP contribution in [-0.4, -0.2) is 40.7 Å². The SMILES string of the molecule is CC(C)(C)OC(=O)N1CCCC1C(=O)CC(=O)c1cc(C(F)(F)F)cc(C(F)(F)F)c1. The summed E-state index contributed by atoms with van der Waals surface area (Å²) in [5.41, 5.74) is -5.00. The maximum absolute atomic E-state index is 13.0. The van der Waals surface area contributed by atoms with Crippen LogP contribution < -0.4 is 0 Å². The van der Waals surface area contributed by atoms with Gasteiger partial charge in [0.05, 0.1) is 23.6 Å². The van der Waals surface area contributed by atoms with Crippen molar-refractivity contribution in [3.05, 3.63) is 34.9 Å². The Hall–Kier alpha value is -2.59. The Balaban J connectivity index is 2.24. The molecule has 1 atom stereocenters. The van der Waals surface area contributed by atoms with Crippen LogP contribution in [0, 0.1) is 0 Å². The first kappa shape index (κ1) is 24.7. The van der Waals surface area contributed by atoms with Gasteiger partial charge in [0.1, 0.15) is 5.60 Å². The van der Waals surface area contributed by atoms with Crippen LogP contribution >= 0.6 is 0 Å². The van der Waals surface area contributed by atoms with Gasteiger partial charge in [0, 0.05) is 12.1 Å². The van der Waals surface area contributed by atoms with Crippen LogP contribution in [0.2, 0.25) is 0 Å². The molecule has 5 nitrogen and oxygen atoms in total. The van der Waals surface area contributed by atoms with Crippen molar-refractivity contribution in [2.75, 3.05) is 6.54 Å². The molecule has 0 bridgehead atoms. The number of nitrogens with zero attached hydrogens (tertiary/aromatic N) is 1. The molecule has 1 unspecified atom stereocenters. The van der Waals surface area contributed by atoms with E-state index in [4.69, 9.17) is 4.74 Å². The number of carbonyl (C=O) groups is 3. The predicted molar refractivity (Wildman–Crippen MR) is 96.4 cm³/mol. The third-order valence-electron chi connectivity index (χ3n) is 4.50. The number of amides is 1. The maximum Gasteiger partial charge on any atom is 0.416 e. The molecule has 1 aliphatic rings. The molecule has 1 fully saturated rings. The lowest BCUT2D eigenvalue weighted by Crippen LogP contribution is -2.43. The number of alkyl halides is 6. The summed E-state index contributed by atoms with van der Waals surface area (Å²) in [5.74, 6) is -1.98. The Labute approximate surface area is 174 Å². The lowest BCUT2D eigenvalue weighted by Gasteiger charge is -2.27. The first-order valence-corrected chi connectivity index (χ1v) is 9.34. The van der Waals surface area contributed by atoms with Gasteiger partial charge in [-0.3, -0.25) is 14.5 Å². The molecule has 0 radical (unpaired) electrons. The fourth-order valence-corrected chi connectivity index (χ4v) is 3.13. The smallest absolute Gasteiger partial charge is 0.416 e. The Morgan fingerprint density at radius 1 is 0.968 bits per heavy atom. The highest BCUT2D eigenvalue weighted by Crippen LogP contribution is 2.36. The summed E-state index contributed by atoms with van der Waals surface area (Å²) in [7, 11) is 0. The highest BCUT2D eigenvalue weighted by Gasteiger charge is 2.39. The van der Waals surface area contributed by atoms with Gasteiger partial charge in [0.2, 0.25) is 0 Å². The zero-order valence-electron chi connectivity index (χ0n) is 17.0. The van der Waals surface area contributed by atoms with Crippen molar-refractivity contribution in [3.63, 3.8) is 0 Å². The van der Waals surface area contributed by atoms with E-state index in [2.05, 4.69) is 0 Å². The standard InChI is InChI=1S/C20H21F6NO4/c1-18(2,3)31-17(30)27-6-4-5-14(27)16(29)10-15(28)11-7-12(19(21,22)23)9-13(8-11)20(24,25)26/h7-9,14H,4-6,10H2,1-3H3. The van der Waals surface area contributed by atoms with Gasteiger partial charge >= 0.3 is 18.4 Å². The Morgan fingerprint density at radius 3 is 1.94 bits per heavy atom. The van der Waals surface area contributed by atoms with Crippen LogP contribution in [0.15, 0.2) is 18.2 Å². The fourth-order valence-electron chi connectivity index (χ4n) is 3.13. The first-order valence-electron chi connectivity index (χ1n) is 9.34. The second-order valence-electron chi connectivity index (χ2n) is 8.19. The summed E-state index contributed by atoms with van der Waals surface area (Å²) < 4.78 is 83.1. The van der Waals surface area contributed by atoms with E-state index in [1.807, 2.05) is 0 Å². The van der Waals surface area contributed by atoms with Crippen LogP contribution in [0.1, 0.15) is 61.5 Å². The molecule has 1 heterocycles. The van der Waals surface area contributed by atoms with Crippen molar-refractivity contribution in [3.8, 4) is 0 Å². The molecule has 0 saturated carbocycles. The monoisotopic (exact) mass is 453 g/mol. The molecule has 1 aromatic rings. The lowest BCUT2D eigenvalue weighted by atomic mass is 9.97. The summed E-state index contributed by atoms with van der Waals surface area (Å²) in [6, 6.07) is -0.567. The maximum atomic E-state index is 13.0. The molecule has 172 valence electrons. The van der Waals surface area contributed by atoms with Gasteiger partial charge in [-0.15, -0.1) is 0 Å². The van der Waals surface area contributed by atoms with Crippen LogP contribution in [0.5, 0.6) is 0 Å². The van der Waals surface area contributed by atoms with Crippen molar-refractivity contribution in [1.29, 1.82) is 0 Å². The van der Waals surface area contributed by atoms with Gasteiger partial charge in [0.25, 0.3) is 0 Å². The molecule has 0 spiro atoms. The number of ether oxygens (including phenoxy) is 1. The Bertz CT molecular complexity index is 838. The fraction of sp³-hybridized carbons (Fsp3) is 0.550. The topological polar surface area (TPSA) is 63.7 Å². The number of Topliss-reactive ketones (excluding diaryl/α,β-unsaturated/α-hetero) is 2. The average Bonchev–Trinajstić information content (AvgIpc) is 3.08. The number of hydrogen-bond donors (Lipinski definition) is 0. The zero-order chi connectivity index (χ0) is 23.8. The summed E-state index contributed by atoms with van der Waals surface area (Å²) in [5, 5.41) is 0. The quantitative estimate of drug-likeness (QED) is 0.354. The third kappa shape index (κ3) is 6.44. The third-order valence-corrected chi connectivity index (χ3v) is 4.50. The van der Waals surface area contributed by atoms with Gasteiger partial charge in [-0.2, -0.15) is 26.3 Å². The molecule has 1 saturated heterocycles. The minimum atomic E-state index is -5.11. The van der Waals surface area contributed by atoms with Crippen molar-refractivity contribution in [2.45, 2.75) is 64.0 Å². The van der Waals surface area contributed by atoms with Gasteiger partial charge < -0.3 is 4.74 Å². The second-order valence-corrected chi connectivity index (χ2v) is 8.19. The number of benzene rings is 1. The van der Waals surface area contributed by atoms with Gasteiger partial charge in [-0.25, -0.2) is 4.79 Å². The zero-order valence-corrected chi connectivity index (χ0v) is 17.0. The molecule has 11 heteroatoms. The van der Waals surface area contributed by atoms with Crippen LogP contribution in [0.25, 0.3) is 0 Å².